The first-order valence-electron chi connectivity index (χ1n) is 9.25. The average Bonchev–Trinajstić information content (AvgIpc) is 2.94. The van der Waals surface area contributed by atoms with Crippen LogP contribution in [0, 0.1) is 5.82 Å². The largest absolute Gasteiger partial charge is 0.368 e. The van der Waals surface area contributed by atoms with Crippen LogP contribution in [-0.4, -0.2) is 37.3 Å². The van der Waals surface area contributed by atoms with Crippen LogP contribution in [0.2, 0.25) is 0 Å². The highest BCUT2D eigenvalue weighted by atomic mass is 19.1. The van der Waals surface area contributed by atoms with Crippen molar-refractivity contribution in [2.75, 3.05) is 23.3 Å². The number of halogens is 1. The zero-order valence-electron chi connectivity index (χ0n) is 15.4. The molecule has 0 radical (unpaired) electrons. The number of hydrogen-bond donors (Lipinski definition) is 2. The van der Waals surface area contributed by atoms with Gasteiger partial charge in [0.2, 0.25) is 5.91 Å². The van der Waals surface area contributed by atoms with Crippen molar-refractivity contribution in [2.24, 2.45) is 4.99 Å². The summed E-state index contributed by atoms with van der Waals surface area (Å²) in [5, 5.41) is 6.29. The smallest absolute Gasteiger partial charge is 0.237 e. The van der Waals surface area contributed by atoms with E-state index in [0.717, 1.165) is 18.8 Å². The van der Waals surface area contributed by atoms with Crippen molar-refractivity contribution >= 4 is 29.2 Å². The Hall–Kier alpha value is -2.73. The second-order valence-corrected chi connectivity index (χ2v) is 7.37. The van der Waals surface area contributed by atoms with Gasteiger partial charge in [0.15, 0.2) is 0 Å². The van der Waals surface area contributed by atoms with Crippen molar-refractivity contribution in [3.05, 3.63) is 53.8 Å². The molecule has 2 aromatic rings. The van der Waals surface area contributed by atoms with E-state index in [1.807, 2.05) is 12.1 Å². The summed E-state index contributed by atoms with van der Waals surface area (Å²) in [6, 6.07) is 13.2. The Balaban J connectivity index is 1.49. The molecule has 140 valence electrons. The number of nitrogens with zero attached hydrogens (tertiary/aromatic N) is 2. The maximum absolute atomic E-state index is 13.5. The quantitative estimate of drug-likeness (QED) is 0.818. The van der Waals surface area contributed by atoms with Crippen LogP contribution in [0.25, 0.3) is 0 Å². The van der Waals surface area contributed by atoms with Crippen molar-refractivity contribution in [3.8, 4) is 0 Å². The van der Waals surface area contributed by atoms with Gasteiger partial charge in [0, 0.05) is 42.8 Å². The number of rotatable bonds is 3. The van der Waals surface area contributed by atoms with E-state index < -0.39 is 5.92 Å². The highest BCUT2D eigenvalue weighted by molar-refractivity contribution is 6.12. The van der Waals surface area contributed by atoms with Crippen LogP contribution in [-0.2, 0) is 4.79 Å². The molecule has 2 N–H and O–H groups in total. The summed E-state index contributed by atoms with van der Waals surface area (Å²) >= 11 is 0. The van der Waals surface area contributed by atoms with Crippen molar-refractivity contribution in [1.82, 2.24) is 5.32 Å². The number of fused-ring (bicyclic) bond motifs is 1. The van der Waals surface area contributed by atoms with Crippen LogP contribution in [0.15, 0.2) is 47.5 Å². The number of piperazine rings is 1. The van der Waals surface area contributed by atoms with E-state index in [9.17, 15) is 9.18 Å². The van der Waals surface area contributed by atoms with Crippen LogP contribution >= 0.6 is 0 Å². The molecule has 6 heteroatoms. The molecule has 5 nitrogen and oxygen atoms in total. The summed E-state index contributed by atoms with van der Waals surface area (Å²) in [4.78, 5) is 19.0. The first-order chi connectivity index (χ1) is 13.0. The number of carbonyl (C=O) groups is 1. The third kappa shape index (κ3) is 3.71. The minimum atomic E-state index is -0.565. The lowest BCUT2D eigenvalue weighted by Crippen LogP contribution is -2.54. The summed E-state index contributed by atoms with van der Waals surface area (Å²) in [7, 11) is 0. The zero-order chi connectivity index (χ0) is 19.0. The van der Waals surface area contributed by atoms with E-state index in [1.165, 1.54) is 17.8 Å². The van der Waals surface area contributed by atoms with E-state index in [4.69, 9.17) is 0 Å². The molecule has 2 aliphatic rings. The summed E-state index contributed by atoms with van der Waals surface area (Å²) in [6.07, 6.45) is 1.59. The molecule has 2 aliphatic heterocycles. The van der Waals surface area contributed by atoms with E-state index in [0.29, 0.717) is 23.3 Å². The van der Waals surface area contributed by atoms with Gasteiger partial charge in [-0.2, -0.15) is 0 Å². The Morgan fingerprint density at radius 3 is 2.52 bits per heavy atom. The van der Waals surface area contributed by atoms with Gasteiger partial charge in [-0.1, -0.05) is 0 Å². The van der Waals surface area contributed by atoms with Gasteiger partial charge in [0.25, 0.3) is 0 Å². The van der Waals surface area contributed by atoms with Crippen molar-refractivity contribution < 1.29 is 9.18 Å². The van der Waals surface area contributed by atoms with Crippen LogP contribution < -0.4 is 15.5 Å². The number of hydrogen-bond acceptors (Lipinski definition) is 4. The van der Waals surface area contributed by atoms with Crippen LogP contribution in [0.1, 0.15) is 25.3 Å². The Bertz CT molecular complexity index is 870. The lowest BCUT2D eigenvalue weighted by atomic mass is 10.0. The number of carbonyl (C=O) groups excluding carboxylic acids is 1. The fourth-order valence-corrected chi connectivity index (χ4v) is 3.85. The van der Waals surface area contributed by atoms with Crippen LogP contribution in [0.5, 0.6) is 0 Å². The molecule has 1 saturated heterocycles. The van der Waals surface area contributed by atoms with Gasteiger partial charge in [0.1, 0.15) is 11.7 Å². The number of amides is 1. The molecule has 0 spiro atoms. The van der Waals surface area contributed by atoms with Gasteiger partial charge in [0.05, 0.1) is 5.69 Å². The fourth-order valence-electron chi connectivity index (χ4n) is 3.85. The molecule has 3 unspecified atom stereocenters. The molecule has 4 rings (SSSR count). The molecular formula is C21H23FN4O. The SMILES string of the molecule is CC1CN(c2ccc(N=CC3C(=O)Nc4ccc(F)cc43)cc2)CC(C)N1. The normalized spacial score (nSPS) is 24.9. The van der Waals surface area contributed by atoms with Crippen LogP contribution in [0.4, 0.5) is 21.5 Å². The molecule has 2 aromatic carbocycles. The molecule has 27 heavy (non-hydrogen) atoms. The van der Waals surface area contributed by atoms with Crippen LogP contribution in [0.3, 0.4) is 0 Å². The van der Waals surface area contributed by atoms with Gasteiger partial charge in [-0.15, -0.1) is 0 Å². The monoisotopic (exact) mass is 366 g/mol. The van der Waals surface area contributed by atoms with Crippen molar-refractivity contribution in [1.29, 1.82) is 0 Å². The highest BCUT2D eigenvalue weighted by Gasteiger charge is 2.29. The average molecular weight is 366 g/mol. The van der Waals surface area contributed by atoms with E-state index in [1.54, 1.807) is 12.3 Å². The lowest BCUT2D eigenvalue weighted by Gasteiger charge is -2.37. The highest BCUT2D eigenvalue weighted by Crippen LogP contribution is 2.32. The predicted molar refractivity (Wildman–Crippen MR) is 107 cm³/mol. The topological polar surface area (TPSA) is 56.7 Å². The second kappa shape index (κ2) is 7.12. The minimum absolute atomic E-state index is 0.181. The molecule has 1 fully saturated rings. The van der Waals surface area contributed by atoms with Crippen molar-refractivity contribution in [2.45, 2.75) is 31.8 Å². The Labute approximate surface area is 158 Å². The molecule has 3 atom stereocenters. The number of benzene rings is 2. The number of aliphatic imine (C=N–C) groups is 1. The predicted octanol–water partition coefficient (Wildman–Crippen LogP) is 3.45. The second-order valence-electron chi connectivity index (χ2n) is 7.37. The minimum Gasteiger partial charge on any atom is -0.368 e. The maximum atomic E-state index is 13.5. The lowest BCUT2D eigenvalue weighted by molar-refractivity contribution is -0.115. The molecule has 0 saturated carbocycles. The van der Waals surface area contributed by atoms with Gasteiger partial charge in [-0.3, -0.25) is 9.79 Å². The molecule has 2 heterocycles. The first-order valence-corrected chi connectivity index (χ1v) is 9.25. The van der Waals surface area contributed by atoms with E-state index in [-0.39, 0.29) is 11.7 Å². The number of nitrogens with one attached hydrogen (secondary N) is 2. The maximum Gasteiger partial charge on any atom is 0.237 e. The Morgan fingerprint density at radius 2 is 1.81 bits per heavy atom. The Morgan fingerprint density at radius 1 is 1.11 bits per heavy atom. The molecule has 0 aliphatic carbocycles. The molecule has 0 aromatic heterocycles. The zero-order valence-corrected chi connectivity index (χ0v) is 15.4. The van der Waals surface area contributed by atoms with E-state index >= 15 is 0 Å². The third-order valence-electron chi connectivity index (χ3n) is 5.03. The first kappa shape index (κ1) is 17.7. The third-order valence-corrected chi connectivity index (χ3v) is 5.03. The van der Waals surface area contributed by atoms with Gasteiger partial charge >= 0.3 is 0 Å². The Kier molecular flexibility index (Phi) is 4.66. The van der Waals surface area contributed by atoms with E-state index in [2.05, 4.69) is 46.5 Å². The molecular weight excluding hydrogens is 343 g/mol. The summed E-state index contributed by atoms with van der Waals surface area (Å²) < 4.78 is 13.5. The number of anilines is 2. The fraction of sp³-hybridized carbons (Fsp3) is 0.333. The molecule has 1 amide bonds. The summed E-state index contributed by atoms with van der Waals surface area (Å²) in [6.45, 7) is 6.32. The van der Waals surface area contributed by atoms with Crippen molar-refractivity contribution in [3.63, 3.8) is 0 Å². The van der Waals surface area contributed by atoms with Gasteiger partial charge in [-0.05, 0) is 61.9 Å². The standard InChI is InChI=1S/C21H23FN4O/c1-13-11-26(12-14(2)24-13)17-6-4-16(5-7-17)23-10-19-18-9-15(22)3-8-20(18)25-21(19)27/h3-10,13-14,19,24H,11-12H2,1-2H3,(H,25,27). The molecule has 0 bridgehead atoms. The summed E-state index contributed by atoms with van der Waals surface area (Å²) in [5.74, 6) is -1.10. The van der Waals surface area contributed by atoms with Gasteiger partial charge in [-0.25, -0.2) is 4.39 Å². The summed E-state index contributed by atoms with van der Waals surface area (Å²) in [5.41, 5.74) is 3.21. The van der Waals surface area contributed by atoms with Gasteiger partial charge < -0.3 is 15.5 Å².